The predicted octanol–water partition coefficient (Wildman–Crippen LogP) is 3.04. The van der Waals surface area contributed by atoms with E-state index in [1.165, 1.54) is 6.07 Å². The van der Waals surface area contributed by atoms with Gasteiger partial charge in [-0.25, -0.2) is 4.79 Å². The van der Waals surface area contributed by atoms with Crippen LogP contribution in [0, 0.1) is 0 Å². The Morgan fingerprint density at radius 2 is 2.06 bits per heavy atom. The number of allylic oxidation sites excluding steroid dienone is 4. The maximum Gasteiger partial charge on any atom is 0.335 e. The first-order valence-corrected chi connectivity index (χ1v) is 5.20. The van der Waals surface area contributed by atoms with Gasteiger partial charge in [0.05, 0.1) is 11.5 Å². The van der Waals surface area contributed by atoms with Crippen LogP contribution in [0.1, 0.15) is 21.8 Å². The summed E-state index contributed by atoms with van der Waals surface area (Å²) < 4.78 is 0. The summed E-state index contributed by atoms with van der Waals surface area (Å²) >= 11 is 0. The van der Waals surface area contributed by atoms with Crippen molar-refractivity contribution in [2.75, 3.05) is 0 Å². The van der Waals surface area contributed by atoms with Crippen LogP contribution < -0.4 is 0 Å². The predicted molar refractivity (Wildman–Crippen MR) is 65.1 cm³/mol. The molecule has 1 aromatic carbocycles. The zero-order valence-corrected chi connectivity index (χ0v) is 9.13. The van der Waals surface area contributed by atoms with E-state index in [2.05, 4.69) is 6.58 Å². The molecule has 0 saturated heterocycles. The van der Waals surface area contributed by atoms with E-state index < -0.39 is 11.9 Å². The van der Waals surface area contributed by atoms with Crippen molar-refractivity contribution < 1.29 is 15.0 Å². The van der Waals surface area contributed by atoms with Crippen molar-refractivity contribution in [2.24, 2.45) is 0 Å². The number of carbonyl (C=O) groups is 1. The van der Waals surface area contributed by atoms with Gasteiger partial charge < -0.3 is 10.2 Å². The second-order valence-corrected chi connectivity index (χ2v) is 3.81. The van der Waals surface area contributed by atoms with Gasteiger partial charge in [0.25, 0.3) is 0 Å². The van der Waals surface area contributed by atoms with Gasteiger partial charge in [-0.15, -0.1) is 0 Å². The number of hydrogen-bond acceptors (Lipinski definition) is 2. The fourth-order valence-corrected chi connectivity index (χ4v) is 1.93. The van der Waals surface area contributed by atoms with Crippen LogP contribution in [0.3, 0.4) is 0 Å². The molecule has 0 radical (unpaired) electrons. The van der Waals surface area contributed by atoms with Crippen LogP contribution >= 0.6 is 0 Å². The number of rotatable bonds is 3. The number of aliphatic hydroxyl groups is 1. The minimum atomic E-state index is -0.992. The summed E-state index contributed by atoms with van der Waals surface area (Å²) in [6.07, 6.45) is 5.01. The van der Waals surface area contributed by atoms with Gasteiger partial charge in [0.1, 0.15) is 5.76 Å². The van der Waals surface area contributed by atoms with E-state index >= 15 is 0 Å². The average molecular weight is 228 g/mol. The normalized spacial score (nSPS) is 18.5. The zero-order chi connectivity index (χ0) is 12.4. The summed E-state index contributed by atoms with van der Waals surface area (Å²) in [4.78, 5) is 11.1. The lowest BCUT2D eigenvalue weighted by atomic mass is 9.94. The number of benzene rings is 1. The van der Waals surface area contributed by atoms with Crippen molar-refractivity contribution in [1.29, 1.82) is 0 Å². The van der Waals surface area contributed by atoms with E-state index in [-0.39, 0.29) is 11.3 Å². The first kappa shape index (κ1) is 11.2. The third-order valence-corrected chi connectivity index (χ3v) is 2.75. The highest BCUT2D eigenvalue weighted by Gasteiger charge is 2.23. The Morgan fingerprint density at radius 1 is 1.35 bits per heavy atom. The number of hydrogen-bond donors (Lipinski definition) is 2. The molecule has 86 valence electrons. The molecular weight excluding hydrogens is 216 g/mol. The summed E-state index contributed by atoms with van der Waals surface area (Å²) in [5.74, 6) is -1.24. The molecule has 0 heterocycles. The van der Waals surface area contributed by atoms with E-state index in [0.717, 1.165) is 5.57 Å². The maximum atomic E-state index is 11.1. The van der Waals surface area contributed by atoms with Crippen molar-refractivity contribution >= 4 is 5.97 Å². The van der Waals surface area contributed by atoms with E-state index in [1.807, 2.05) is 0 Å². The molecule has 0 fully saturated rings. The number of aliphatic hydroxyl groups excluding tert-OH is 1. The van der Waals surface area contributed by atoms with Crippen LogP contribution in [0.5, 0.6) is 0 Å². The topological polar surface area (TPSA) is 57.5 Å². The number of aromatic carboxylic acids is 1. The van der Waals surface area contributed by atoms with Crippen LogP contribution in [0.2, 0.25) is 0 Å². The quantitative estimate of drug-likeness (QED) is 0.836. The Kier molecular flexibility index (Phi) is 2.83. The molecule has 1 aliphatic rings. The summed E-state index contributed by atoms with van der Waals surface area (Å²) in [6.45, 7) is 3.62. The second kappa shape index (κ2) is 4.29. The van der Waals surface area contributed by atoms with Crippen molar-refractivity contribution in [3.63, 3.8) is 0 Å². The van der Waals surface area contributed by atoms with E-state index in [0.29, 0.717) is 5.56 Å². The van der Waals surface area contributed by atoms with Crippen LogP contribution in [0.4, 0.5) is 0 Å². The molecule has 1 aromatic rings. The van der Waals surface area contributed by atoms with Crippen LogP contribution in [0.15, 0.2) is 60.4 Å². The van der Waals surface area contributed by atoms with Crippen molar-refractivity contribution in [1.82, 2.24) is 0 Å². The van der Waals surface area contributed by atoms with Gasteiger partial charge in [0.2, 0.25) is 0 Å². The monoisotopic (exact) mass is 228 g/mol. The minimum absolute atomic E-state index is 0.147. The van der Waals surface area contributed by atoms with Gasteiger partial charge in [0, 0.05) is 0 Å². The van der Waals surface area contributed by atoms with Gasteiger partial charge in [-0.2, -0.15) is 0 Å². The summed E-state index contributed by atoms with van der Waals surface area (Å²) in [7, 11) is 0. The lowest BCUT2D eigenvalue weighted by Crippen LogP contribution is -2.06. The van der Waals surface area contributed by atoms with Gasteiger partial charge in [0.15, 0.2) is 0 Å². The average Bonchev–Trinajstić information content (AvgIpc) is 2.70. The number of carboxylic acids is 1. The molecular formula is C14H12O3. The molecule has 17 heavy (non-hydrogen) atoms. The Hall–Kier alpha value is -2.29. The fraction of sp³-hybridized carbons (Fsp3) is 0.0714. The third-order valence-electron chi connectivity index (χ3n) is 2.75. The summed E-state index contributed by atoms with van der Waals surface area (Å²) in [6, 6.07) is 6.67. The first-order chi connectivity index (χ1) is 8.13. The number of carboxylic acid groups (broad SMARTS) is 1. The van der Waals surface area contributed by atoms with Gasteiger partial charge in [-0.3, -0.25) is 0 Å². The van der Waals surface area contributed by atoms with Gasteiger partial charge in [-0.1, -0.05) is 36.9 Å². The molecule has 0 aromatic heterocycles. The Balaban J connectivity index is 2.49. The highest BCUT2D eigenvalue weighted by Crippen LogP contribution is 2.33. The highest BCUT2D eigenvalue weighted by molar-refractivity contribution is 5.90. The molecule has 0 aliphatic heterocycles. The Morgan fingerprint density at radius 3 is 2.65 bits per heavy atom. The molecule has 1 unspecified atom stereocenters. The summed E-state index contributed by atoms with van der Waals surface area (Å²) in [5, 5.41) is 18.9. The molecule has 1 aliphatic carbocycles. The molecule has 0 bridgehead atoms. The van der Waals surface area contributed by atoms with E-state index in [9.17, 15) is 9.90 Å². The molecule has 0 saturated carbocycles. The first-order valence-electron chi connectivity index (χ1n) is 5.20. The molecule has 0 amide bonds. The van der Waals surface area contributed by atoms with Gasteiger partial charge in [-0.05, 0) is 23.3 Å². The molecule has 2 N–H and O–H groups in total. The minimum Gasteiger partial charge on any atom is -0.511 e. The smallest absolute Gasteiger partial charge is 0.335 e. The van der Waals surface area contributed by atoms with Crippen LogP contribution in [-0.2, 0) is 0 Å². The lowest BCUT2D eigenvalue weighted by Gasteiger charge is -2.12. The largest absolute Gasteiger partial charge is 0.511 e. The molecule has 1 atom stereocenters. The van der Waals surface area contributed by atoms with Crippen LogP contribution in [-0.4, -0.2) is 16.2 Å². The second-order valence-electron chi connectivity index (χ2n) is 3.81. The molecule has 0 spiro atoms. The molecule has 2 rings (SSSR count). The Labute approximate surface area is 99.0 Å². The van der Waals surface area contributed by atoms with Gasteiger partial charge >= 0.3 is 5.97 Å². The highest BCUT2D eigenvalue weighted by atomic mass is 16.4. The maximum absolute atomic E-state index is 11.1. The summed E-state index contributed by atoms with van der Waals surface area (Å²) in [5.41, 5.74) is 1.59. The van der Waals surface area contributed by atoms with Crippen molar-refractivity contribution in [2.45, 2.75) is 5.92 Å². The fourth-order valence-electron chi connectivity index (χ4n) is 1.93. The van der Waals surface area contributed by atoms with Crippen LogP contribution in [0.25, 0.3) is 0 Å². The van der Waals surface area contributed by atoms with E-state index in [4.69, 9.17) is 5.11 Å². The van der Waals surface area contributed by atoms with E-state index in [1.54, 1.807) is 36.4 Å². The third kappa shape index (κ3) is 1.99. The van der Waals surface area contributed by atoms with Crippen molar-refractivity contribution in [3.05, 3.63) is 71.5 Å². The standard InChI is InChI=1S/C14H12O3/c1-2-9-7-12(13(15)8-9)10-5-3-4-6-11(10)14(16)17/h2-8,12,15H,1H2,(H,16,17). The molecule has 3 heteroatoms. The zero-order valence-electron chi connectivity index (χ0n) is 9.13. The Bertz CT molecular complexity index is 538. The van der Waals surface area contributed by atoms with Crippen molar-refractivity contribution in [3.8, 4) is 0 Å². The lowest BCUT2D eigenvalue weighted by molar-refractivity contribution is 0.0695. The molecule has 3 nitrogen and oxygen atoms in total. The SMILES string of the molecule is C=CC1=CC(c2ccccc2C(=O)O)C(O)=C1.